The zero-order valence-electron chi connectivity index (χ0n) is 15.9. The zero-order chi connectivity index (χ0) is 21.7. The molecule has 0 aliphatic carbocycles. The molecule has 0 aromatic heterocycles. The van der Waals surface area contributed by atoms with Crippen molar-refractivity contribution in [3.05, 3.63) is 89.0 Å². The Morgan fingerprint density at radius 1 is 0.900 bits per heavy atom. The minimum atomic E-state index is -4.58. The monoisotopic (exact) mass is 415 g/mol. The van der Waals surface area contributed by atoms with Crippen molar-refractivity contribution < 1.29 is 28.2 Å². The first-order valence-electron chi connectivity index (χ1n) is 9.25. The molecule has 0 spiro atoms. The Labute approximate surface area is 171 Å². The van der Waals surface area contributed by atoms with E-state index in [1.165, 1.54) is 6.07 Å². The van der Waals surface area contributed by atoms with Crippen LogP contribution in [0.25, 0.3) is 11.1 Å². The molecule has 3 N–H and O–H groups in total. The highest BCUT2D eigenvalue weighted by atomic mass is 19.4. The molecule has 0 heterocycles. The van der Waals surface area contributed by atoms with Gasteiger partial charge in [-0.25, -0.2) is 0 Å². The third-order valence-corrected chi connectivity index (χ3v) is 4.69. The lowest BCUT2D eigenvalue weighted by Gasteiger charge is -2.15. The van der Waals surface area contributed by atoms with Gasteiger partial charge in [0.05, 0.1) is 12.2 Å². The molecule has 4 nitrogen and oxygen atoms in total. The van der Waals surface area contributed by atoms with Crippen LogP contribution < -0.4 is 5.32 Å². The van der Waals surface area contributed by atoms with Gasteiger partial charge in [0.1, 0.15) is 0 Å². The van der Waals surface area contributed by atoms with E-state index in [-0.39, 0.29) is 25.2 Å². The second-order valence-electron chi connectivity index (χ2n) is 6.69. The average molecular weight is 415 g/mol. The van der Waals surface area contributed by atoms with Gasteiger partial charge in [0, 0.05) is 17.9 Å². The van der Waals surface area contributed by atoms with E-state index in [1.807, 2.05) is 0 Å². The Kier molecular flexibility index (Phi) is 6.54. The van der Waals surface area contributed by atoms with E-state index in [4.69, 9.17) is 0 Å². The van der Waals surface area contributed by atoms with Gasteiger partial charge < -0.3 is 15.5 Å². The number of carbonyl (C=O) groups excluding carboxylic acids is 1. The number of nitrogens with one attached hydrogen (secondary N) is 1. The van der Waals surface area contributed by atoms with E-state index < -0.39 is 17.6 Å². The van der Waals surface area contributed by atoms with Crippen LogP contribution >= 0.6 is 0 Å². The molecule has 0 radical (unpaired) electrons. The minimum Gasteiger partial charge on any atom is -0.396 e. The van der Waals surface area contributed by atoms with Gasteiger partial charge in [-0.05, 0) is 52.9 Å². The maximum atomic E-state index is 13.2. The van der Waals surface area contributed by atoms with Gasteiger partial charge in [-0.1, -0.05) is 42.5 Å². The lowest BCUT2D eigenvalue weighted by molar-refractivity contribution is -0.137. The minimum absolute atomic E-state index is 0.106. The zero-order valence-corrected chi connectivity index (χ0v) is 15.9. The number of hydrogen-bond acceptors (Lipinski definition) is 3. The third-order valence-electron chi connectivity index (χ3n) is 4.69. The summed E-state index contributed by atoms with van der Waals surface area (Å²) in [7, 11) is 0. The highest BCUT2D eigenvalue weighted by Crippen LogP contribution is 2.34. The van der Waals surface area contributed by atoms with Crippen molar-refractivity contribution in [2.75, 3.05) is 11.9 Å². The van der Waals surface area contributed by atoms with Crippen LogP contribution in [-0.2, 0) is 19.2 Å². The molecule has 3 rings (SSSR count). The average Bonchev–Trinajstić information content (AvgIpc) is 2.74. The summed E-state index contributed by atoms with van der Waals surface area (Å²) >= 11 is 0. The summed E-state index contributed by atoms with van der Waals surface area (Å²) in [5.74, 6) is -0.688. The van der Waals surface area contributed by atoms with E-state index in [9.17, 15) is 28.2 Å². The number of benzene rings is 3. The molecular weight excluding hydrogens is 395 g/mol. The van der Waals surface area contributed by atoms with Crippen LogP contribution in [0.4, 0.5) is 18.9 Å². The number of halogens is 3. The summed E-state index contributed by atoms with van der Waals surface area (Å²) < 4.78 is 39.7. The fraction of sp³-hybridized carbons (Fsp3) is 0.174. The molecule has 0 aliphatic rings. The number of aliphatic hydroxyl groups excluding tert-OH is 2. The predicted molar refractivity (Wildman–Crippen MR) is 108 cm³/mol. The summed E-state index contributed by atoms with van der Waals surface area (Å²) in [4.78, 5) is 12.9. The molecule has 3 aromatic rings. The standard InChI is InChI=1S/C23H20F3NO3/c24-23(25,26)18-7-9-20(15-4-2-1-3-5-15)21(13-18)22(30)27-19-8-6-17(14-29)16(12-19)10-11-28/h1-9,12-13,28-29H,10-11,14H2,(H,27,30). The maximum Gasteiger partial charge on any atom is 0.416 e. The highest BCUT2D eigenvalue weighted by molar-refractivity contribution is 6.09. The largest absolute Gasteiger partial charge is 0.416 e. The van der Waals surface area contributed by atoms with E-state index in [2.05, 4.69) is 5.32 Å². The van der Waals surface area contributed by atoms with Gasteiger partial charge >= 0.3 is 6.18 Å². The van der Waals surface area contributed by atoms with Gasteiger partial charge in [0.2, 0.25) is 0 Å². The highest BCUT2D eigenvalue weighted by Gasteiger charge is 2.32. The Morgan fingerprint density at radius 2 is 1.63 bits per heavy atom. The lowest BCUT2D eigenvalue weighted by Crippen LogP contribution is -2.16. The normalized spacial score (nSPS) is 11.4. The van der Waals surface area contributed by atoms with Crippen LogP contribution in [0.2, 0.25) is 0 Å². The van der Waals surface area contributed by atoms with Crippen molar-refractivity contribution in [2.24, 2.45) is 0 Å². The molecule has 0 aliphatic heterocycles. The topological polar surface area (TPSA) is 69.6 Å². The quantitative estimate of drug-likeness (QED) is 0.549. The first kappa shape index (κ1) is 21.5. The van der Waals surface area contributed by atoms with Crippen LogP contribution in [0.15, 0.2) is 66.7 Å². The molecular formula is C23H20F3NO3. The molecule has 0 bridgehead atoms. The Balaban J connectivity index is 2.01. The maximum absolute atomic E-state index is 13.2. The summed E-state index contributed by atoms with van der Waals surface area (Å²) in [6.07, 6.45) is -4.31. The van der Waals surface area contributed by atoms with Gasteiger partial charge in [-0.2, -0.15) is 13.2 Å². The molecule has 0 saturated carbocycles. The summed E-state index contributed by atoms with van der Waals surface area (Å²) in [6, 6.07) is 16.5. The first-order valence-corrected chi connectivity index (χ1v) is 9.25. The Hall–Kier alpha value is -3.16. The molecule has 30 heavy (non-hydrogen) atoms. The van der Waals surface area contributed by atoms with E-state index in [0.29, 0.717) is 27.9 Å². The summed E-state index contributed by atoms with van der Waals surface area (Å²) in [5.41, 5.74) is 1.58. The van der Waals surface area contributed by atoms with Crippen LogP contribution in [0.3, 0.4) is 0 Å². The SMILES string of the molecule is O=C(Nc1ccc(CO)c(CCO)c1)c1cc(C(F)(F)F)ccc1-c1ccccc1. The summed E-state index contributed by atoms with van der Waals surface area (Å²) in [5, 5.41) is 21.2. The van der Waals surface area contributed by atoms with Crippen molar-refractivity contribution in [3.63, 3.8) is 0 Å². The third kappa shape index (κ3) is 4.87. The molecule has 156 valence electrons. The molecule has 0 fully saturated rings. The van der Waals surface area contributed by atoms with Gasteiger partial charge in [-0.3, -0.25) is 4.79 Å². The fourth-order valence-corrected chi connectivity index (χ4v) is 3.19. The Morgan fingerprint density at radius 3 is 2.27 bits per heavy atom. The van der Waals surface area contributed by atoms with Crippen molar-refractivity contribution in [1.82, 2.24) is 0 Å². The molecule has 0 saturated heterocycles. The smallest absolute Gasteiger partial charge is 0.396 e. The number of aliphatic hydroxyl groups is 2. The Bertz CT molecular complexity index is 1030. The number of anilines is 1. The number of alkyl halides is 3. The molecule has 3 aromatic carbocycles. The summed E-state index contributed by atoms with van der Waals surface area (Å²) in [6.45, 7) is -0.370. The molecule has 1 amide bonds. The van der Waals surface area contributed by atoms with Crippen molar-refractivity contribution in [3.8, 4) is 11.1 Å². The van der Waals surface area contributed by atoms with E-state index >= 15 is 0 Å². The van der Waals surface area contributed by atoms with E-state index in [1.54, 1.807) is 48.5 Å². The first-order chi connectivity index (χ1) is 14.3. The molecule has 0 unspecified atom stereocenters. The van der Waals surface area contributed by atoms with Gasteiger partial charge in [0.25, 0.3) is 5.91 Å². The second kappa shape index (κ2) is 9.11. The van der Waals surface area contributed by atoms with Crippen LogP contribution in [0.5, 0.6) is 0 Å². The lowest BCUT2D eigenvalue weighted by atomic mass is 9.96. The predicted octanol–water partition coefficient (Wildman–Crippen LogP) is 4.65. The second-order valence-corrected chi connectivity index (χ2v) is 6.69. The number of rotatable bonds is 6. The van der Waals surface area contributed by atoms with Crippen LogP contribution in [0, 0.1) is 0 Å². The van der Waals surface area contributed by atoms with Crippen LogP contribution in [0.1, 0.15) is 27.0 Å². The van der Waals surface area contributed by atoms with Gasteiger partial charge in [0.15, 0.2) is 0 Å². The molecule has 0 atom stereocenters. The fourth-order valence-electron chi connectivity index (χ4n) is 3.19. The van der Waals surface area contributed by atoms with Crippen LogP contribution in [-0.4, -0.2) is 22.7 Å². The van der Waals surface area contributed by atoms with E-state index in [0.717, 1.165) is 12.1 Å². The van der Waals surface area contributed by atoms with Crippen molar-refractivity contribution >= 4 is 11.6 Å². The van der Waals surface area contributed by atoms with Crippen molar-refractivity contribution in [1.29, 1.82) is 0 Å². The number of amides is 1. The molecule has 7 heteroatoms. The number of hydrogen-bond donors (Lipinski definition) is 3. The van der Waals surface area contributed by atoms with Gasteiger partial charge in [-0.15, -0.1) is 0 Å². The number of carbonyl (C=O) groups is 1. The van der Waals surface area contributed by atoms with Crippen molar-refractivity contribution in [2.45, 2.75) is 19.2 Å².